The van der Waals surface area contributed by atoms with Crippen LogP contribution in [0.2, 0.25) is 0 Å². The molecule has 2 unspecified atom stereocenters. The maximum atomic E-state index is 5.62. The van der Waals surface area contributed by atoms with Crippen LogP contribution in [0.4, 0.5) is 0 Å². The van der Waals surface area contributed by atoms with Gasteiger partial charge in [-0.3, -0.25) is 4.90 Å². The van der Waals surface area contributed by atoms with Crippen molar-refractivity contribution in [3.8, 4) is 0 Å². The molecule has 0 saturated carbocycles. The highest BCUT2D eigenvalue weighted by Crippen LogP contribution is 2.21. The van der Waals surface area contributed by atoms with Crippen LogP contribution < -0.4 is 5.73 Å². The van der Waals surface area contributed by atoms with Crippen LogP contribution in [0, 0.1) is 5.92 Å². The standard InChI is InChI=1S/C14H29N3/c1-13(5-7-15)11-16-10-6-14(12-16)17-8-3-2-4-9-17/h13-14H,2-12,15H2,1H3. The van der Waals surface area contributed by atoms with Gasteiger partial charge in [-0.2, -0.15) is 0 Å². The SMILES string of the molecule is CC(CCN)CN1CCC(N2CCCCC2)C1. The van der Waals surface area contributed by atoms with Crippen molar-refractivity contribution < 1.29 is 0 Å². The lowest BCUT2D eigenvalue weighted by atomic mass is 10.1. The molecule has 3 heteroatoms. The lowest BCUT2D eigenvalue weighted by Crippen LogP contribution is -2.41. The maximum Gasteiger partial charge on any atom is 0.0235 e. The lowest BCUT2D eigenvalue weighted by molar-refractivity contribution is 0.159. The van der Waals surface area contributed by atoms with E-state index in [2.05, 4.69) is 16.7 Å². The van der Waals surface area contributed by atoms with Gasteiger partial charge in [0.15, 0.2) is 0 Å². The van der Waals surface area contributed by atoms with E-state index < -0.39 is 0 Å². The topological polar surface area (TPSA) is 32.5 Å². The van der Waals surface area contributed by atoms with E-state index in [9.17, 15) is 0 Å². The van der Waals surface area contributed by atoms with Crippen molar-refractivity contribution in [1.29, 1.82) is 0 Å². The summed E-state index contributed by atoms with van der Waals surface area (Å²) in [5.74, 6) is 0.764. The number of nitrogens with zero attached hydrogens (tertiary/aromatic N) is 2. The smallest absolute Gasteiger partial charge is 0.0235 e. The summed E-state index contributed by atoms with van der Waals surface area (Å²) in [5.41, 5.74) is 5.62. The molecule has 17 heavy (non-hydrogen) atoms. The van der Waals surface area contributed by atoms with E-state index in [1.54, 1.807) is 0 Å². The van der Waals surface area contributed by atoms with Crippen LogP contribution in [0.15, 0.2) is 0 Å². The van der Waals surface area contributed by atoms with Gasteiger partial charge >= 0.3 is 0 Å². The van der Waals surface area contributed by atoms with Gasteiger partial charge in [0.1, 0.15) is 0 Å². The first-order valence-corrected chi connectivity index (χ1v) is 7.46. The second-order valence-corrected chi connectivity index (χ2v) is 5.98. The molecule has 2 saturated heterocycles. The van der Waals surface area contributed by atoms with Crippen molar-refractivity contribution in [2.24, 2.45) is 11.7 Å². The molecule has 2 aliphatic rings. The van der Waals surface area contributed by atoms with E-state index in [1.165, 1.54) is 64.8 Å². The average Bonchev–Trinajstić information content (AvgIpc) is 2.79. The van der Waals surface area contributed by atoms with Gasteiger partial charge in [-0.1, -0.05) is 13.3 Å². The Labute approximate surface area is 106 Å². The summed E-state index contributed by atoms with van der Waals surface area (Å²) in [7, 11) is 0. The van der Waals surface area contributed by atoms with Crippen LogP contribution in [0.5, 0.6) is 0 Å². The monoisotopic (exact) mass is 239 g/mol. The number of nitrogens with two attached hydrogens (primary N) is 1. The number of piperidine rings is 1. The minimum absolute atomic E-state index is 0.764. The Morgan fingerprint density at radius 3 is 2.65 bits per heavy atom. The van der Waals surface area contributed by atoms with Gasteiger partial charge in [0, 0.05) is 19.1 Å². The normalized spacial score (nSPS) is 29.6. The van der Waals surface area contributed by atoms with Crippen molar-refractivity contribution >= 4 is 0 Å². The molecule has 2 aliphatic heterocycles. The van der Waals surface area contributed by atoms with Crippen molar-refractivity contribution in [3.05, 3.63) is 0 Å². The van der Waals surface area contributed by atoms with Crippen LogP contribution in [0.3, 0.4) is 0 Å². The summed E-state index contributed by atoms with van der Waals surface area (Å²) in [6.07, 6.45) is 6.83. The van der Waals surface area contributed by atoms with Crippen LogP contribution >= 0.6 is 0 Å². The fourth-order valence-electron chi connectivity index (χ4n) is 3.38. The van der Waals surface area contributed by atoms with E-state index in [0.717, 1.165) is 18.5 Å². The predicted octanol–water partition coefficient (Wildman–Crippen LogP) is 1.53. The summed E-state index contributed by atoms with van der Waals surface area (Å²) in [6, 6.07) is 0.848. The molecule has 2 atom stereocenters. The zero-order chi connectivity index (χ0) is 12.1. The Hall–Kier alpha value is -0.120. The largest absolute Gasteiger partial charge is 0.330 e. The van der Waals surface area contributed by atoms with Gasteiger partial charge in [-0.05, 0) is 57.8 Å². The van der Waals surface area contributed by atoms with Gasteiger partial charge in [0.05, 0.1) is 0 Å². The molecule has 2 rings (SSSR count). The Balaban J connectivity index is 1.71. The molecule has 0 aliphatic carbocycles. The van der Waals surface area contributed by atoms with Crippen LogP contribution in [-0.2, 0) is 0 Å². The van der Waals surface area contributed by atoms with Crippen LogP contribution in [0.1, 0.15) is 39.0 Å². The molecule has 0 aromatic carbocycles. The lowest BCUT2D eigenvalue weighted by Gasteiger charge is -2.32. The fraction of sp³-hybridized carbons (Fsp3) is 1.00. The predicted molar refractivity (Wildman–Crippen MR) is 73.1 cm³/mol. The highest BCUT2D eigenvalue weighted by molar-refractivity contribution is 4.85. The molecule has 3 nitrogen and oxygen atoms in total. The molecule has 2 N–H and O–H groups in total. The summed E-state index contributed by atoms with van der Waals surface area (Å²) >= 11 is 0. The molecular formula is C14H29N3. The second-order valence-electron chi connectivity index (χ2n) is 5.98. The van der Waals surface area contributed by atoms with Crippen molar-refractivity contribution in [3.63, 3.8) is 0 Å². The van der Waals surface area contributed by atoms with Gasteiger partial charge < -0.3 is 10.6 Å². The van der Waals surface area contributed by atoms with Crippen LogP contribution in [-0.4, -0.2) is 55.1 Å². The number of hydrogen-bond donors (Lipinski definition) is 1. The summed E-state index contributed by atoms with van der Waals surface area (Å²) < 4.78 is 0. The summed E-state index contributed by atoms with van der Waals surface area (Å²) in [4.78, 5) is 5.39. The summed E-state index contributed by atoms with van der Waals surface area (Å²) in [5, 5.41) is 0. The Morgan fingerprint density at radius 2 is 1.94 bits per heavy atom. The van der Waals surface area contributed by atoms with E-state index in [4.69, 9.17) is 5.73 Å². The first-order valence-electron chi connectivity index (χ1n) is 7.46. The number of likely N-dealkylation sites (tertiary alicyclic amines) is 2. The van der Waals surface area contributed by atoms with E-state index in [1.807, 2.05) is 0 Å². The molecule has 0 amide bonds. The first-order chi connectivity index (χ1) is 8.29. The van der Waals surface area contributed by atoms with Gasteiger partial charge in [-0.15, -0.1) is 0 Å². The highest BCUT2D eigenvalue weighted by atomic mass is 15.3. The Morgan fingerprint density at radius 1 is 1.18 bits per heavy atom. The van der Waals surface area contributed by atoms with Crippen molar-refractivity contribution in [2.45, 2.75) is 45.1 Å². The second kappa shape index (κ2) is 6.72. The molecule has 2 fully saturated rings. The number of rotatable bonds is 5. The molecule has 0 spiro atoms. The van der Waals surface area contributed by atoms with Gasteiger partial charge in [0.2, 0.25) is 0 Å². The molecule has 0 bridgehead atoms. The van der Waals surface area contributed by atoms with E-state index >= 15 is 0 Å². The minimum atomic E-state index is 0.764. The third kappa shape index (κ3) is 3.94. The third-order valence-corrected chi connectivity index (χ3v) is 4.38. The van der Waals surface area contributed by atoms with E-state index in [0.29, 0.717) is 0 Å². The third-order valence-electron chi connectivity index (χ3n) is 4.38. The molecule has 0 radical (unpaired) electrons. The first kappa shape index (κ1) is 13.3. The fourth-order valence-corrected chi connectivity index (χ4v) is 3.38. The molecule has 0 aromatic rings. The van der Waals surface area contributed by atoms with Crippen LogP contribution in [0.25, 0.3) is 0 Å². The highest BCUT2D eigenvalue weighted by Gasteiger charge is 2.28. The number of hydrogen-bond acceptors (Lipinski definition) is 3. The average molecular weight is 239 g/mol. The molecule has 0 aromatic heterocycles. The zero-order valence-electron chi connectivity index (χ0n) is 11.4. The molecule has 2 heterocycles. The van der Waals surface area contributed by atoms with Crippen molar-refractivity contribution in [2.75, 3.05) is 39.3 Å². The van der Waals surface area contributed by atoms with Gasteiger partial charge in [-0.25, -0.2) is 0 Å². The van der Waals surface area contributed by atoms with E-state index in [-0.39, 0.29) is 0 Å². The molecule has 100 valence electrons. The maximum absolute atomic E-state index is 5.62. The minimum Gasteiger partial charge on any atom is -0.330 e. The van der Waals surface area contributed by atoms with Crippen molar-refractivity contribution in [1.82, 2.24) is 9.80 Å². The van der Waals surface area contributed by atoms with Gasteiger partial charge in [0.25, 0.3) is 0 Å². The molecular weight excluding hydrogens is 210 g/mol. The zero-order valence-corrected chi connectivity index (χ0v) is 11.4. The quantitative estimate of drug-likeness (QED) is 0.790. The summed E-state index contributed by atoms with van der Waals surface area (Å²) in [6.45, 7) is 9.71. The Bertz CT molecular complexity index is 214. The Kier molecular flexibility index (Phi) is 5.26.